The molecule has 0 aromatic heterocycles. The van der Waals surface area contributed by atoms with Crippen molar-refractivity contribution in [2.45, 2.75) is 12.5 Å². The van der Waals surface area contributed by atoms with E-state index in [-0.39, 0.29) is 13.1 Å². The first-order valence-corrected chi connectivity index (χ1v) is 5.64. The number of carboxylic acids is 1. The van der Waals surface area contributed by atoms with Crippen LogP contribution in [0.15, 0.2) is 29.4 Å². The number of halogens is 1. The lowest BCUT2D eigenvalue weighted by Gasteiger charge is -2.26. The van der Waals surface area contributed by atoms with Crippen molar-refractivity contribution in [3.05, 3.63) is 45.3 Å². The smallest absolute Gasteiger partial charge is 0.328 e. The van der Waals surface area contributed by atoms with Crippen molar-refractivity contribution in [2.24, 2.45) is 5.11 Å². The van der Waals surface area contributed by atoms with Gasteiger partial charge in [0.1, 0.15) is 5.54 Å². The molecule has 18 heavy (non-hydrogen) atoms. The topological polar surface area (TPSA) is 98.1 Å². The number of nitrogens with one attached hydrogen (secondary N) is 1. The molecule has 1 aromatic rings. The van der Waals surface area contributed by atoms with E-state index in [0.29, 0.717) is 10.6 Å². The van der Waals surface area contributed by atoms with Crippen molar-refractivity contribution in [1.82, 2.24) is 5.32 Å². The standard InChI is InChI=1S/C11H13ClN4O2/c1-11(10(17)18,14-5-6-15-16-13)8-3-2-4-9(12)7-8/h2-4,7,14H,5-6H2,1H3,(H,17,18). The Bertz CT molecular complexity index is 488. The fourth-order valence-electron chi connectivity index (χ4n) is 1.50. The summed E-state index contributed by atoms with van der Waals surface area (Å²) >= 11 is 5.85. The van der Waals surface area contributed by atoms with Crippen molar-refractivity contribution in [2.75, 3.05) is 13.1 Å². The van der Waals surface area contributed by atoms with Crippen molar-refractivity contribution in [1.29, 1.82) is 0 Å². The highest BCUT2D eigenvalue weighted by atomic mass is 35.5. The van der Waals surface area contributed by atoms with Crippen LogP contribution < -0.4 is 5.32 Å². The molecule has 1 atom stereocenters. The van der Waals surface area contributed by atoms with E-state index in [0.717, 1.165) is 0 Å². The molecule has 0 aliphatic rings. The van der Waals surface area contributed by atoms with E-state index in [1.807, 2.05) is 0 Å². The van der Waals surface area contributed by atoms with E-state index in [4.69, 9.17) is 17.1 Å². The molecule has 0 heterocycles. The van der Waals surface area contributed by atoms with Crippen LogP contribution in [0, 0.1) is 0 Å². The van der Waals surface area contributed by atoms with Gasteiger partial charge in [0.15, 0.2) is 0 Å². The summed E-state index contributed by atoms with van der Waals surface area (Å²) in [5.41, 5.74) is 7.43. The quantitative estimate of drug-likeness (QED) is 0.359. The summed E-state index contributed by atoms with van der Waals surface area (Å²) in [6.45, 7) is 1.98. The lowest BCUT2D eigenvalue weighted by molar-refractivity contribution is -0.144. The zero-order valence-corrected chi connectivity index (χ0v) is 10.6. The van der Waals surface area contributed by atoms with E-state index in [1.54, 1.807) is 24.3 Å². The summed E-state index contributed by atoms with van der Waals surface area (Å²) in [6.07, 6.45) is 0. The molecule has 1 unspecified atom stereocenters. The maximum Gasteiger partial charge on any atom is 0.328 e. The van der Waals surface area contributed by atoms with Crippen LogP contribution in [-0.4, -0.2) is 24.2 Å². The molecule has 0 bridgehead atoms. The van der Waals surface area contributed by atoms with E-state index < -0.39 is 11.5 Å². The second kappa shape index (κ2) is 6.26. The van der Waals surface area contributed by atoms with Crippen LogP contribution in [0.4, 0.5) is 0 Å². The third-order valence-electron chi connectivity index (χ3n) is 2.58. The first-order valence-electron chi connectivity index (χ1n) is 5.26. The zero-order chi connectivity index (χ0) is 13.6. The summed E-state index contributed by atoms with van der Waals surface area (Å²) < 4.78 is 0. The van der Waals surface area contributed by atoms with Crippen molar-refractivity contribution < 1.29 is 9.90 Å². The van der Waals surface area contributed by atoms with Gasteiger partial charge in [-0.15, -0.1) is 0 Å². The number of aliphatic carboxylic acids is 1. The molecule has 0 fully saturated rings. The first kappa shape index (κ1) is 14.3. The number of nitrogens with zero attached hydrogens (tertiary/aromatic N) is 3. The molecule has 0 saturated heterocycles. The number of azide groups is 1. The summed E-state index contributed by atoms with van der Waals surface area (Å²) in [5.74, 6) is -1.02. The Hall–Kier alpha value is -1.75. The minimum Gasteiger partial charge on any atom is -0.480 e. The van der Waals surface area contributed by atoms with Crippen molar-refractivity contribution in [3.63, 3.8) is 0 Å². The van der Waals surface area contributed by atoms with Gasteiger partial charge in [-0.3, -0.25) is 5.32 Å². The van der Waals surface area contributed by atoms with E-state index in [9.17, 15) is 9.90 Å². The zero-order valence-electron chi connectivity index (χ0n) is 9.80. The van der Waals surface area contributed by atoms with Crippen LogP contribution in [0.3, 0.4) is 0 Å². The minimum absolute atomic E-state index is 0.180. The van der Waals surface area contributed by atoms with Gasteiger partial charge in [-0.2, -0.15) is 0 Å². The Morgan fingerprint density at radius 3 is 2.94 bits per heavy atom. The number of rotatable bonds is 6. The van der Waals surface area contributed by atoms with E-state index >= 15 is 0 Å². The van der Waals surface area contributed by atoms with Gasteiger partial charge < -0.3 is 5.11 Å². The normalized spacial score (nSPS) is 13.4. The van der Waals surface area contributed by atoms with E-state index in [2.05, 4.69) is 15.3 Å². The number of carbonyl (C=O) groups is 1. The third kappa shape index (κ3) is 3.37. The average Bonchev–Trinajstić information content (AvgIpc) is 2.34. The summed E-state index contributed by atoms with van der Waals surface area (Å²) in [6, 6.07) is 6.64. The lowest BCUT2D eigenvalue weighted by atomic mass is 9.92. The Balaban J connectivity index is 2.93. The maximum absolute atomic E-state index is 11.4. The minimum atomic E-state index is -1.27. The maximum atomic E-state index is 11.4. The van der Waals surface area contributed by atoms with Gasteiger partial charge in [0.05, 0.1) is 0 Å². The predicted molar refractivity (Wildman–Crippen MR) is 68.5 cm³/mol. The lowest BCUT2D eigenvalue weighted by Crippen LogP contribution is -2.47. The highest BCUT2D eigenvalue weighted by molar-refractivity contribution is 6.30. The molecule has 0 radical (unpaired) electrons. The Kier molecular flexibility index (Phi) is 4.97. The SMILES string of the molecule is CC(NCCN=[N+]=[N-])(C(=O)O)c1cccc(Cl)c1. The second-order valence-electron chi connectivity index (χ2n) is 3.82. The Morgan fingerprint density at radius 1 is 1.67 bits per heavy atom. The predicted octanol–water partition coefficient (Wildman–Crippen LogP) is 2.54. The summed E-state index contributed by atoms with van der Waals surface area (Å²) in [7, 11) is 0. The Morgan fingerprint density at radius 2 is 2.39 bits per heavy atom. The molecule has 0 saturated carbocycles. The molecule has 1 rings (SSSR count). The largest absolute Gasteiger partial charge is 0.480 e. The van der Waals surface area contributed by atoms with Crippen LogP contribution in [0.5, 0.6) is 0 Å². The molecule has 0 amide bonds. The molecular weight excluding hydrogens is 256 g/mol. The highest BCUT2D eigenvalue weighted by Gasteiger charge is 2.34. The Labute approximate surface area is 109 Å². The van der Waals surface area contributed by atoms with Gasteiger partial charge in [-0.05, 0) is 30.2 Å². The molecule has 0 spiro atoms. The molecule has 0 aliphatic carbocycles. The summed E-state index contributed by atoms with van der Waals surface area (Å²) in [4.78, 5) is 14.0. The molecule has 2 N–H and O–H groups in total. The van der Waals surface area contributed by atoms with Gasteiger partial charge in [0.2, 0.25) is 0 Å². The van der Waals surface area contributed by atoms with Gasteiger partial charge >= 0.3 is 5.97 Å². The van der Waals surface area contributed by atoms with Crippen LogP contribution in [0.25, 0.3) is 10.4 Å². The van der Waals surface area contributed by atoms with Crippen LogP contribution in [0.1, 0.15) is 12.5 Å². The molecule has 0 aliphatic heterocycles. The van der Waals surface area contributed by atoms with Crippen LogP contribution >= 0.6 is 11.6 Å². The number of carboxylic acid groups (broad SMARTS) is 1. The fraction of sp³-hybridized carbons (Fsp3) is 0.364. The molecule has 6 nitrogen and oxygen atoms in total. The number of hydrogen-bond donors (Lipinski definition) is 2. The number of benzene rings is 1. The van der Waals surface area contributed by atoms with Gasteiger partial charge in [0.25, 0.3) is 0 Å². The van der Waals surface area contributed by atoms with E-state index in [1.165, 1.54) is 6.92 Å². The highest BCUT2D eigenvalue weighted by Crippen LogP contribution is 2.23. The monoisotopic (exact) mass is 268 g/mol. The van der Waals surface area contributed by atoms with Gasteiger partial charge in [-0.1, -0.05) is 28.8 Å². The molecule has 96 valence electrons. The molecular formula is C11H13ClN4O2. The van der Waals surface area contributed by atoms with Crippen LogP contribution in [0.2, 0.25) is 5.02 Å². The van der Waals surface area contributed by atoms with Crippen molar-refractivity contribution >= 4 is 17.6 Å². The average molecular weight is 269 g/mol. The molecule has 1 aromatic carbocycles. The van der Waals surface area contributed by atoms with Crippen LogP contribution in [-0.2, 0) is 10.3 Å². The third-order valence-corrected chi connectivity index (χ3v) is 2.82. The number of hydrogen-bond acceptors (Lipinski definition) is 3. The van der Waals surface area contributed by atoms with Gasteiger partial charge in [-0.25, -0.2) is 4.79 Å². The second-order valence-corrected chi connectivity index (χ2v) is 4.26. The van der Waals surface area contributed by atoms with Gasteiger partial charge in [0, 0.05) is 23.0 Å². The van der Waals surface area contributed by atoms with Crippen molar-refractivity contribution in [3.8, 4) is 0 Å². The molecule has 7 heteroatoms. The fourth-order valence-corrected chi connectivity index (χ4v) is 1.69. The summed E-state index contributed by atoms with van der Waals surface area (Å²) in [5, 5.41) is 16.0. The first-order chi connectivity index (χ1) is 8.50.